The number of nitrogen functional groups attached to an aromatic ring is 1. The van der Waals surface area contributed by atoms with Crippen LogP contribution in [0.2, 0.25) is 0 Å². The quantitative estimate of drug-likeness (QED) is 0.813. The van der Waals surface area contributed by atoms with Crippen molar-refractivity contribution < 1.29 is 9.47 Å². The zero-order chi connectivity index (χ0) is 14.5. The fraction of sp³-hybridized carbons (Fsp3) is 0.250. The van der Waals surface area contributed by atoms with Crippen molar-refractivity contribution in [2.75, 3.05) is 18.2 Å². The summed E-state index contributed by atoms with van der Waals surface area (Å²) in [5.41, 5.74) is 8.46. The van der Waals surface area contributed by atoms with Gasteiger partial charge in [-0.2, -0.15) is 0 Å². The molecular weight excluding hydrogens is 252 g/mol. The molecule has 0 amide bonds. The van der Waals surface area contributed by atoms with Crippen LogP contribution in [0.15, 0.2) is 42.5 Å². The third-order valence-corrected chi connectivity index (χ3v) is 2.78. The molecule has 0 aliphatic carbocycles. The molecule has 0 aliphatic heterocycles. The monoisotopic (exact) mass is 272 g/mol. The van der Waals surface area contributed by atoms with Gasteiger partial charge < -0.3 is 20.5 Å². The largest absolute Gasteiger partial charge is 0.497 e. The van der Waals surface area contributed by atoms with Crippen LogP contribution in [0.4, 0.5) is 17.1 Å². The fourth-order valence-electron chi connectivity index (χ4n) is 1.87. The topological polar surface area (TPSA) is 56.5 Å². The number of benzene rings is 2. The molecular formula is C16H20N2O2. The zero-order valence-corrected chi connectivity index (χ0v) is 12.0. The van der Waals surface area contributed by atoms with E-state index < -0.39 is 0 Å². The number of methoxy groups -OCH3 is 1. The first-order valence-electron chi connectivity index (χ1n) is 6.56. The van der Waals surface area contributed by atoms with E-state index >= 15 is 0 Å². The van der Waals surface area contributed by atoms with Crippen LogP contribution in [0.3, 0.4) is 0 Å². The predicted molar refractivity (Wildman–Crippen MR) is 82.9 cm³/mol. The fourth-order valence-corrected chi connectivity index (χ4v) is 1.87. The minimum atomic E-state index is 0.0874. The standard InChI is InChI=1S/C16H20N2O2/c1-11(2)20-15-9-5-8-14(16(15)17)18-12-6-4-7-13(10-12)19-3/h4-11,18H,17H2,1-3H3. The molecule has 0 saturated carbocycles. The van der Waals surface area contributed by atoms with Gasteiger partial charge in [0, 0.05) is 11.8 Å². The minimum absolute atomic E-state index is 0.0874. The molecule has 0 bridgehead atoms. The van der Waals surface area contributed by atoms with Crippen LogP contribution in [0.25, 0.3) is 0 Å². The van der Waals surface area contributed by atoms with Crippen LogP contribution in [0.1, 0.15) is 13.8 Å². The Hall–Kier alpha value is -2.36. The molecule has 2 rings (SSSR count). The summed E-state index contributed by atoms with van der Waals surface area (Å²) in [6, 6.07) is 13.4. The van der Waals surface area contributed by atoms with E-state index in [1.54, 1.807) is 7.11 Å². The van der Waals surface area contributed by atoms with E-state index in [-0.39, 0.29) is 6.10 Å². The first kappa shape index (κ1) is 14.1. The van der Waals surface area contributed by atoms with E-state index in [0.717, 1.165) is 17.1 Å². The number of nitrogens with two attached hydrogens (primary N) is 1. The van der Waals surface area contributed by atoms with Crippen molar-refractivity contribution in [2.45, 2.75) is 20.0 Å². The first-order valence-corrected chi connectivity index (χ1v) is 6.56. The summed E-state index contributed by atoms with van der Waals surface area (Å²) in [6.45, 7) is 3.95. The van der Waals surface area contributed by atoms with E-state index in [2.05, 4.69) is 5.32 Å². The van der Waals surface area contributed by atoms with Crippen molar-refractivity contribution in [3.8, 4) is 11.5 Å². The molecule has 0 unspecified atom stereocenters. The van der Waals surface area contributed by atoms with Gasteiger partial charge in [-0.3, -0.25) is 0 Å². The Balaban J connectivity index is 2.24. The van der Waals surface area contributed by atoms with Crippen molar-refractivity contribution in [1.82, 2.24) is 0 Å². The molecule has 0 aliphatic rings. The van der Waals surface area contributed by atoms with Crippen LogP contribution < -0.4 is 20.5 Å². The van der Waals surface area contributed by atoms with E-state index in [1.165, 1.54) is 0 Å². The lowest BCUT2D eigenvalue weighted by molar-refractivity contribution is 0.244. The van der Waals surface area contributed by atoms with Gasteiger partial charge in [-0.1, -0.05) is 12.1 Å². The average Bonchev–Trinajstić information content (AvgIpc) is 2.43. The Morgan fingerprint density at radius 1 is 1.10 bits per heavy atom. The Morgan fingerprint density at radius 2 is 1.85 bits per heavy atom. The van der Waals surface area contributed by atoms with Crippen molar-refractivity contribution >= 4 is 17.1 Å². The normalized spacial score (nSPS) is 10.4. The Kier molecular flexibility index (Phi) is 4.35. The minimum Gasteiger partial charge on any atom is -0.497 e. The van der Waals surface area contributed by atoms with Crippen LogP contribution in [-0.4, -0.2) is 13.2 Å². The van der Waals surface area contributed by atoms with E-state index in [9.17, 15) is 0 Å². The Labute approximate surface area is 119 Å². The SMILES string of the molecule is COc1cccc(Nc2cccc(OC(C)C)c2N)c1. The number of hydrogen-bond donors (Lipinski definition) is 2. The number of anilines is 3. The molecule has 0 atom stereocenters. The molecule has 0 heterocycles. The van der Waals surface area contributed by atoms with E-state index in [1.807, 2.05) is 56.3 Å². The number of ether oxygens (including phenoxy) is 2. The van der Waals surface area contributed by atoms with Gasteiger partial charge in [0.15, 0.2) is 0 Å². The number of rotatable bonds is 5. The maximum Gasteiger partial charge on any atom is 0.144 e. The number of para-hydroxylation sites is 1. The number of hydrogen-bond acceptors (Lipinski definition) is 4. The van der Waals surface area contributed by atoms with Crippen LogP contribution >= 0.6 is 0 Å². The third kappa shape index (κ3) is 3.35. The second-order valence-corrected chi connectivity index (χ2v) is 4.74. The highest BCUT2D eigenvalue weighted by atomic mass is 16.5. The van der Waals surface area contributed by atoms with Crippen LogP contribution in [0, 0.1) is 0 Å². The smallest absolute Gasteiger partial charge is 0.144 e. The highest BCUT2D eigenvalue weighted by Gasteiger charge is 2.08. The maximum atomic E-state index is 6.13. The van der Waals surface area contributed by atoms with Crippen molar-refractivity contribution in [3.63, 3.8) is 0 Å². The summed E-state index contributed by atoms with van der Waals surface area (Å²) in [4.78, 5) is 0. The van der Waals surface area contributed by atoms with Gasteiger partial charge in [0.25, 0.3) is 0 Å². The van der Waals surface area contributed by atoms with Crippen molar-refractivity contribution in [1.29, 1.82) is 0 Å². The van der Waals surface area contributed by atoms with E-state index in [4.69, 9.17) is 15.2 Å². The highest BCUT2D eigenvalue weighted by Crippen LogP contribution is 2.32. The molecule has 0 saturated heterocycles. The van der Waals surface area contributed by atoms with Crippen molar-refractivity contribution in [2.24, 2.45) is 0 Å². The molecule has 0 spiro atoms. The molecule has 2 aromatic carbocycles. The van der Waals surface area contributed by atoms with Crippen LogP contribution in [-0.2, 0) is 0 Å². The lowest BCUT2D eigenvalue weighted by atomic mass is 10.2. The van der Waals surface area contributed by atoms with Gasteiger partial charge in [0.2, 0.25) is 0 Å². The van der Waals surface area contributed by atoms with Gasteiger partial charge in [-0.05, 0) is 38.1 Å². The summed E-state index contributed by atoms with van der Waals surface area (Å²) in [7, 11) is 1.64. The van der Waals surface area contributed by atoms with Gasteiger partial charge >= 0.3 is 0 Å². The molecule has 3 N–H and O–H groups in total. The highest BCUT2D eigenvalue weighted by molar-refractivity contribution is 5.77. The molecule has 0 fully saturated rings. The Morgan fingerprint density at radius 3 is 2.55 bits per heavy atom. The molecule has 4 nitrogen and oxygen atoms in total. The summed E-state index contributed by atoms with van der Waals surface area (Å²) in [6.07, 6.45) is 0.0874. The summed E-state index contributed by atoms with van der Waals surface area (Å²) in [5.74, 6) is 1.48. The second-order valence-electron chi connectivity index (χ2n) is 4.74. The maximum absolute atomic E-state index is 6.13. The molecule has 106 valence electrons. The average molecular weight is 272 g/mol. The van der Waals surface area contributed by atoms with Gasteiger partial charge in [0.05, 0.1) is 24.6 Å². The lowest BCUT2D eigenvalue weighted by Gasteiger charge is -2.16. The molecule has 4 heteroatoms. The molecule has 2 aromatic rings. The first-order chi connectivity index (χ1) is 9.60. The summed E-state index contributed by atoms with van der Waals surface area (Å²) >= 11 is 0. The molecule has 0 aromatic heterocycles. The second kappa shape index (κ2) is 6.19. The van der Waals surface area contributed by atoms with Gasteiger partial charge in [0.1, 0.15) is 11.5 Å². The predicted octanol–water partition coefficient (Wildman–Crippen LogP) is 3.81. The van der Waals surface area contributed by atoms with Gasteiger partial charge in [-0.15, -0.1) is 0 Å². The van der Waals surface area contributed by atoms with E-state index in [0.29, 0.717) is 11.4 Å². The van der Waals surface area contributed by atoms with Crippen LogP contribution in [0.5, 0.6) is 11.5 Å². The molecule has 20 heavy (non-hydrogen) atoms. The lowest BCUT2D eigenvalue weighted by Crippen LogP contribution is -2.08. The summed E-state index contributed by atoms with van der Waals surface area (Å²) < 4.78 is 10.9. The number of nitrogens with one attached hydrogen (secondary N) is 1. The third-order valence-electron chi connectivity index (χ3n) is 2.78. The van der Waals surface area contributed by atoms with Gasteiger partial charge in [-0.25, -0.2) is 0 Å². The summed E-state index contributed by atoms with van der Waals surface area (Å²) in [5, 5.41) is 3.28. The Bertz CT molecular complexity index is 582. The zero-order valence-electron chi connectivity index (χ0n) is 12.0. The molecule has 0 radical (unpaired) electrons. The van der Waals surface area contributed by atoms with Crippen molar-refractivity contribution in [3.05, 3.63) is 42.5 Å².